The van der Waals surface area contributed by atoms with Crippen molar-refractivity contribution < 1.29 is 4.79 Å². The van der Waals surface area contributed by atoms with Gasteiger partial charge in [0.1, 0.15) is 12.0 Å². The number of nitrogens with zero attached hydrogens (tertiary/aromatic N) is 2. The van der Waals surface area contributed by atoms with E-state index in [1.54, 1.807) is 0 Å². The van der Waals surface area contributed by atoms with Crippen LogP contribution in [0.2, 0.25) is 0 Å². The van der Waals surface area contributed by atoms with Crippen molar-refractivity contribution in [3.05, 3.63) is 90.7 Å². The number of hydrogen-bond acceptors (Lipinski definition) is 4. The van der Waals surface area contributed by atoms with Gasteiger partial charge in [-0.2, -0.15) is 9.78 Å². The Morgan fingerprint density at radius 3 is 2.21 bits per heavy atom. The fraction of sp³-hybridized carbons (Fsp3) is 0.407. The first-order valence-corrected chi connectivity index (χ1v) is 11.7. The van der Waals surface area contributed by atoms with Crippen LogP contribution in [0.4, 0.5) is 0 Å². The molecule has 1 N–H and O–H groups in total. The number of aryl methyl sites for hydroxylation is 3. The van der Waals surface area contributed by atoms with Gasteiger partial charge in [-0.05, 0) is 85.5 Å². The highest BCUT2D eigenvalue weighted by molar-refractivity contribution is 5.93. The summed E-state index contributed by atoms with van der Waals surface area (Å²) in [4.78, 5) is 38.2. The molecule has 0 unspecified atom stereocenters. The van der Waals surface area contributed by atoms with Crippen molar-refractivity contribution in [2.45, 2.75) is 72.6 Å². The van der Waals surface area contributed by atoms with Crippen LogP contribution in [-0.2, 0) is 16.6 Å². The van der Waals surface area contributed by atoms with Crippen LogP contribution in [0.5, 0.6) is 0 Å². The van der Waals surface area contributed by atoms with Crippen molar-refractivity contribution in [2.75, 3.05) is 0 Å². The second kappa shape index (κ2) is 9.69. The first-order chi connectivity index (χ1) is 15.7. The van der Waals surface area contributed by atoms with E-state index in [0.29, 0.717) is 17.9 Å². The predicted octanol–water partition coefficient (Wildman–Crippen LogP) is 4.47. The number of carbonyl (C=O) groups is 1. The smallest absolute Gasteiger partial charge is 0.299 e. The zero-order valence-electron chi connectivity index (χ0n) is 20.4. The molecule has 33 heavy (non-hydrogen) atoms. The van der Waals surface area contributed by atoms with Crippen LogP contribution in [0.1, 0.15) is 73.4 Å². The van der Waals surface area contributed by atoms with E-state index in [0.717, 1.165) is 36.6 Å². The third kappa shape index (κ3) is 4.75. The Morgan fingerprint density at radius 1 is 1.03 bits per heavy atom. The first kappa shape index (κ1) is 24.4. The number of ketones is 1. The topological polar surface area (TPSA) is 84.8 Å². The average molecular weight is 448 g/mol. The Hall–Kier alpha value is -3.28. The maximum atomic E-state index is 12.6. The number of Topliss-reactive ketones (excluding diaryl/α,β-unsaturated/α-hetero) is 1. The van der Waals surface area contributed by atoms with Crippen molar-refractivity contribution >= 4 is 5.78 Å². The van der Waals surface area contributed by atoms with Crippen LogP contribution in [0.3, 0.4) is 0 Å². The third-order valence-corrected chi connectivity index (χ3v) is 6.44. The van der Waals surface area contributed by atoms with E-state index < -0.39 is 11.2 Å². The minimum absolute atomic E-state index is 0.278. The van der Waals surface area contributed by atoms with Crippen molar-refractivity contribution in [3.63, 3.8) is 0 Å². The third-order valence-electron chi connectivity index (χ3n) is 6.44. The van der Waals surface area contributed by atoms with E-state index in [1.165, 1.54) is 26.9 Å². The number of benzene rings is 2. The van der Waals surface area contributed by atoms with Crippen molar-refractivity contribution in [1.82, 2.24) is 14.8 Å². The van der Waals surface area contributed by atoms with Crippen LogP contribution < -0.4 is 11.2 Å². The van der Waals surface area contributed by atoms with E-state index in [-0.39, 0.29) is 5.41 Å². The van der Waals surface area contributed by atoms with Crippen LogP contribution >= 0.6 is 0 Å². The van der Waals surface area contributed by atoms with Crippen molar-refractivity contribution in [1.29, 1.82) is 0 Å². The highest BCUT2D eigenvalue weighted by Crippen LogP contribution is 2.51. The molecule has 174 valence electrons. The zero-order valence-corrected chi connectivity index (χ0v) is 20.4. The number of aromatic amines is 1. The Labute approximate surface area is 194 Å². The van der Waals surface area contributed by atoms with Gasteiger partial charge in [0, 0.05) is 6.42 Å². The van der Waals surface area contributed by atoms with E-state index in [1.807, 2.05) is 46.8 Å². The number of carbonyl (C=O) groups excluding carboxylic acids is 1. The molecule has 0 amide bonds. The van der Waals surface area contributed by atoms with E-state index in [9.17, 15) is 14.4 Å². The van der Waals surface area contributed by atoms with Gasteiger partial charge in [-0.15, -0.1) is 0 Å². The van der Waals surface area contributed by atoms with Gasteiger partial charge in [-0.25, -0.2) is 4.79 Å². The number of aromatic nitrogens is 3. The molecule has 1 aromatic heterocycles. The molecule has 1 aliphatic rings. The van der Waals surface area contributed by atoms with Gasteiger partial charge >= 0.3 is 5.69 Å². The molecule has 3 aromatic rings. The zero-order chi connectivity index (χ0) is 24.3. The van der Waals surface area contributed by atoms with Gasteiger partial charge in [0.2, 0.25) is 0 Å². The fourth-order valence-electron chi connectivity index (χ4n) is 4.57. The summed E-state index contributed by atoms with van der Waals surface area (Å²) in [5.41, 5.74) is 6.06. The summed E-state index contributed by atoms with van der Waals surface area (Å²) in [5, 5.41) is 3.95. The summed E-state index contributed by atoms with van der Waals surface area (Å²) in [6.45, 7) is 12.1. The van der Waals surface area contributed by atoms with Crippen molar-refractivity contribution in [3.8, 4) is 5.69 Å². The van der Waals surface area contributed by atoms with Crippen molar-refractivity contribution in [2.24, 2.45) is 0 Å². The summed E-state index contributed by atoms with van der Waals surface area (Å²) >= 11 is 0. The maximum absolute atomic E-state index is 12.6. The molecule has 0 radical (unpaired) electrons. The molecular formula is C27H33N3O3. The molecule has 4 rings (SSSR count). The van der Waals surface area contributed by atoms with Gasteiger partial charge in [0.05, 0.1) is 11.1 Å². The maximum Gasteiger partial charge on any atom is 0.349 e. The normalized spacial score (nSPS) is 13.8. The lowest BCUT2D eigenvalue weighted by molar-refractivity contribution is -0.121. The van der Waals surface area contributed by atoms with Gasteiger partial charge in [0.15, 0.2) is 0 Å². The van der Waals surface area contributed by atoms with Gasteiger partial charge in [-0.1, -0.05) is 39.0 Å². The molecule has 6 nitrogen and oxygen atoms in total. The second-order valence-corrected chi connectivity index (χ2v) is 8.59. The summed E-state index contributed by atoms with van der Waals surface area (Å²) in [6.07, 6.45) is 4.30. The Kier molecular flexibility index (Phi) is 7.15. The summed E-state index contributed by atoms with van der Waals surface area (Å²) in [6, 6.07) is 10.3. The monoisotopic (exact) mass is 447 g/mol. The highest BCUT2D eigenvalue weighted by Gasteiger charge is 2.50. The van der Waals surface area contributed by atoms with Crippen LogP contribution in [0.15, 0.2) is 46.1 Å². The molecular weight excluding hydrogens is 414 g/mol. The SMILES string of the molecule is CC.CCC(=O)C1(c2cc(Cc3c(C)cc(-n4ncc(=O)[nH]c4=O)cc3C)ccc2C)CC1. The Balaban J connectivity index is 0.00000149. The Morgan fingerprint density at radius 2 is 1.67 bits per heavy atom. The van der Waals surface area contributed by atoms with Crippen LogP contribution in [0.25, 0.3) is 5.69 Å². The lowest BCUT2D eigenvalue weighted by atomic mass is 9.84. The largest absolute Gasteiger partial charge is 0.349 e. The van der Waals surface area contributed by atoms with Gasteiger partial charge in [-0.3, -0.25) is 14.6 Å². The highest BCUT2D eigenvalue weighted by atomic mass is 16.2. The standard InChI is InChI=1S/C25H27N3O3.C2H6/c1-5-22(29)25(8-9-25)21-13-18(7-6-15(21)2)12-20-16(3)10-19(11-17(20)4)28-24(31)27-23(30)14-26-28;1-2/h6-7,10-11,13-14H,5,8-9,12H2,1-4H3,(H,27,30,31);1-2H3. The first-order valence-electron chi connectivity index (χ1n) is 11.7. The quantitative estimate of drug-likeness (QED) is 0.604. The second-order valence-electron chi connectivity index (χ2n) is 8.59. The molecule has 2 aromatic carbocycles. The molecule has 1 aliphatic carbocycles. The number of rotatable bonds is 6. The summed E-state index contributed by atoms with van der Waals surface area (Å²) in [5.74, 6) is 0.336. The molecule has 0 bridgehead atoms. The summed E-state index contributed by atoms with van der Waals surface area (Å²) < 4.78 is 1.20. The number of H-pyrrole nitrogens is 1. The molecule has 6 heteroatoms. The lowest BCUT2D eigenvalue weighted by Crippen LogP contribution is -2.30. The minimum atomic E-state index is -0.558. The van der Waals surface area contributed by atoms with Crippen LogP contribution in [0, 0.1) is 20.8 Å². The molecule has 0 spiro atoms. The molecule has 0 saturated heterocycles. The van der Waals surface area contributed by atoms with Gasteiger partial charge < -0.3 is 0 Å². The Bertz CT molecular complexity index is 1270. The summed E-state index contributed by atoms with van der Waals surface area (Å²) in [7, 11) is 0. The molecule has 1 heterocycles. The molecule has 1 fully saturated rings. The molecule has 0 aliphatic heterocycles. The molecule has 1 saturated carbocycles. The van der Waals surface area contributed by atoms with E-state index >= 15 is 0 Å². The minimum Gasteiger partial charge on any atom is -0.299 e. The van der Waals surface area contributed by atoms with Crippen LogP contribution in [-0.4, -0.2) is 20.5 Å². The predicted molar refractivity (Wildman–Crippen MR) is 131 cm³/mol. The van der Waals surface area contributed by atoms with E-state index in [2.05, 4.69) is 35.2 Å². The number of hydrogen-bond donors (Lipinski definition) is 1. The number of nitrogens with one attached hydrogen (secondary N) is 1. The van der Waals surface area contributed by atoms with E-state index in [4.69, 9.17) is 0 Å². The molecule has 0 atom stereocenters. The lowest BCUT2D eigenvalue weighted by Gasteiger charge is -2.19. The van der Waals surface area contributed by atoms with Gasteiger partial charge in [0.25, 0.3) is 5.56 Å². The average Bonchev–Trinajstić information content (AvgIpc) is 3.60. The fourth-order valence-corrected chi connectivity index (χ4v) is 4.57.